The molecule has 1 N–H and O–H groups in total. The van der Waals surface area contributed by atoms with Gasteiger partial charge in [-0.1, -0.05) is 0 Å². The van der Waals surface area contributed by atoms with E-state index in [-0.39, 0.29) is 11.3 Å². The fraction of sp³-hybridized carbons (Fsp3) is 0.545. The van der Waals surface area contributed by atoms with Gasteiger partial charge in [-0.15, -0.1) is 11.8 Å². The maximum atomic E-state index is 11.2. The molecular formula is C11H14N2O6S. The molecule has 1 saturated heterocycles. The predicted molar refractivity (Wildman–Crippen MR) is 70.2 cm³/mol. The molecule has 1 fully saturated rings. The SMILES string of the molecule is COC(=O)O[C@@H]1N[C@H](c2ccc([N+](=O)[O-])o2)SC1(C)C. The largest absolute Gasteiger partial charge is 0.509 e. The molecule has 2 heterocycles. The van der Waals surface area contributed by atoms with Gasteiger partial charge in [-0.2, -0.15) is 0 Å². The minimum absolute atomic E-state index is 0.322. The molecule has 9 heteroatoms. The zero-order chi connectivity index (χ0) is 14.9. The van der Waals surface area contributed by atoms with Crippen molar-refractivity contribution in [3.63, 3.8) is 0 Å². The number of ether oxygens (including phenoxy) is 2. The molecule has 110 valence electrons. The lowest BCUT2D eigenvalue weighted by Gasteiger charge is -2.23. The maximum absolute atomic E-state index is 11.2. The lowest BCUT2D eigenvalue weighted by Crippen LogP contribution is -2.41. The standard InChI is InChI=1S/C11H14N2O6S/c1-11(2)9(19-10(14)17-3)12-8(20-11)6-4-5-7(18-6)13(15)16/h4-5,8-9,12H,1-3H3/t8-,9-/m0/s1. The van der Waals surface area contributed by atoms with Crippen LogP contribution in [0.2, 0.25) is 0 Å². The molecule has 0 radical (unpaired) electrons. The van der Waals surface area contributed by atoms with E-state index in [0.29, 0.717) is 5.76 Å². The first-order valence-electron chi connectivity index (χ1n) is 5.76. The van der Waals surface area contributed by atoms with Gasteiger partial charge in [0.05, 0.1) is 17.9 Å². The van der Waals surface area contributed by atoms with Crippen LogP contribution in [0.5, 0.6) is 0 Å². The van der Waals surface area contributed by atoms with Gasteiger partial charge in [-0.05, 0) is 19.9 Å². The second kappa shape index (κ2) is 5.33. The summed E-state index contributed by atoms with van der Waals surface area (Å²) >= 11 is 1.45. The van der Waals surface area contributed by atoms with Crippen molar-refractivity contribution in [2.24, 2.45) is 0 Å². The Balaban J connectivity index is 2.11. The van der Waals surface area contributed by atoms with E-state index in [1.165, 1.54) is 31.0 Å². The summed E-state index contributed by atoms with van der Waals surface area (Å²) in [7, 11) is 1.23. The molecule has 1 aliphatic rings. The van der Waals surface area contributed by atoms with Crippen LogP contribution >= 0.6 is 11.8 Å². The van der Waals surface area contributed by atoms with E-state index in [1.54, 1.807) is 0 Å². The highest BCUT2D eigenvalue weighted by Gasteiger charge is 2.45. The fourth-order valence-corrected chi connectivity index (χ4v) is 3.06. The lowest BCUT2D eigenvalue weighted by atomic mass is 10.2. The Hall–Kier alpha value is -1.74. The second-order valence-corrected chi connectivity index (χ2v) is 6.41. The lowest BCUT2D eigenvalue weighted by molar-refractivity contribution is -0.402. The molecule has 20 heavy (non-hydrogen) atoms. The number of furan rings is 1. The van der Waals surface area contributed by atoms with Gasteiger partial charge >= 0.3 is 12.0 Å². The minimum atomic E-state index is -0.790. The van der Waals surface area contributed by atoms with Crippen molar-refractivity contribution in [1.29, 1.82) is 0 Å². The van der Waals surface area contributed by atoms with Gasteiger partial charge in [0.2, 0.25) is 0 Å². The number of hydrogen-bond acceptors (Lipinski definition) is 8. The van der Waals surface area contributed by atoms with E-state index in [4.69, 9.17) is 9.15 Å². The van der Waals surface area contributed by atoms with Gasteiger partial charge in [-0.25, -0.2) is 4.79 Å². The normalized spacial score (nSPS) is 24.4. The number of rotatable bonds is 3. The van der Waals surface area contributed by atoms with Gasteiger partial charge in [0.25, 0.3) is 0 Å². The zero-order valence-corrected chi connectivity index (χ0v) is 11.9. The Morgan fingerprint density at radius 3 is 2.80 bits per heavy atom. The fourth-order valence-electron chi connectivity index (χ4n) is 1.78. The summed E-state index contributed by atoms with van der Waals surface area (Å²) in [6.45, 7) is 3.77. The number of carbonyl (C=O) groups excluding carboxylic acids is 1. The van der Waals surface area contributed by atoms with Crippen molar-refractivity contribution in [2.45, 2.75) is 30.2 Å². The Labute approximate surface area is 118 Å². The van der Waals surface area contributed by atoms with Crippen LogP contribution in [0.15, 0.2) is 16.5 Å². The molecule has 1 aromatic heterocycles. The second-order valence-electron chi connectivity index (χ2n) is 4.65. The molecule has 8 nitrogen and oxygen atoms in total. The van der Waals surface area contributed by atoms with Crippen molar-refractivity contribution >= 4 is 23.8 Å². The first kappa shape index (κ1) is 14.7. The summed E-state index contributed by atoms with van der Waals surface area (Å²) in [6, 6.07) is 2.82. The van der Waals surface area contributed by atoms with E-state index in [9.17, 15) is 14.9 Å². The van der Waals surface area contributed by atoms with E-state index < -0.39 is 22.1 Å². The van der Waals surface area contributed by atoms with Gasteiger partial charge < -0.3 is 13.9 Å². The summed E-state index contributed by atoms with van der Waals surface area (Å²) in [6.07, 6.45) is -1.38. The third-order valence-electron chi connectivity index (χ3n) is 2.79. The van der Waals surface area contributed by atoms with E-state index >= 15 is 0 Å². The monoisotopic (exact) mass is 302 g/mol. The third kappa shape index (κ3) is 2.88. The predicted octanol–water partition coefficient (Wildman–Crippen LogP) is 2.41. The average Bonchev–Trinajstić information content (AvgIpc) is 2.95. The molecule has 0 unspecified atom stereocenters. The zero-order valence-electron chi connectivity index (χ0n) is 11.1. The third-order valence-corrected chi connectivity index (χ3v) is 4.21. The number of nitrogens with one attached hydrogen (secondary N) is 1. The quantitative estimate of drug-likeness (QED) is 0.515. The molecule has 0 amide bonds. The number of thioether (sulfide) groups is 1. The van der Waals surface area contributed by atoms with Crippen LogP contribution in [0.4, 0.5) is 10.7 Å². The van der Waals surface area contributed by atoms with Crippen LogP contribution < -0.4 is 5.32 Å². The van der Waals surface area contributed by atoms with Crippen LogP contribution in [-0.2, 0) is 9.47 Å². The Morgan fingerprint density at radius 2 is 2.25 bits per heavy atom. The van der Waals surface area contributed by atoms with Crippen molar-refractivity contribution in [1.82, 2.24) is 5.32 Å². The molecule has 0 aromatic carbocycles. The van der Waals surface area contributed by atoms with Gasteiger partial charge in [0.1, 0.15) is 16.1 Å². The molecule has 0 aliphatic carbocycles. The number of methoxy groups -OCH3 is 1. The summed E-state index contributed by atoms with van der Waals surface area (Å²) in [5, 5.41) is 13.3. The highest BCUT2D eigenvalue weighted by Crippen LogP contribution is 2.46. The first-order chi connectivity index (χ1) is 9.33. The molecule has 0 bridgehead atoms. The van der Waals surface area contributed by atoms with Gasteiger partial charge in [0.15, 0.2) is 6.23 Å². The Morgan fingerprint density at radius 1 is 1.55 bits per heavy atom. The molecule has 1 aliphatic heterocycles. The summed E-state index contributed by atoms with van der Waals surface area (Å²) in [5.41, 5.74) is 0. The van der Waals surface area contributed by atoms with Crippen LogP contribution in [0.1, 0.15) is 25.0 Å². The summed E-state index contributed by atoms with van der Waals surface area (Å²) in [5.74, 6) is 0.0864. The number of nitrogens with zero attached hydrogens (tertiary/aromatic N) is 1. The smallest absolute Gasteiger partial charge is 0.438 e. The summed E-state index contributed by atoms with van der Waals surface area (Å²) < 4.78 is 14.3. The number of nitro groups is 1. The van der Waals surface area contributed by atoms with Crippen LogP contribution in [-0.4, -0.2) is 29.2 Å². The van der Waals surface area contributed by atoms with Crippen molar-refractivity contribution in [3.8, 4) is 0 Å². The van der Waals surface area contributed by atoms with Crippen molar-refractivity contribution < 1.29 is 23.6 Å². The topological polar surface area (TPSA) is 104 Å². The minimum Gasteiger partial charge on any atom is -0.438 e. The molecular weight excluding hydrogens is 288 g/mol. The molecule has 1 aromatic rings. The molecule has 2 atom stereocenters. The van der Waals surface area contributed by atoms with Crippen LogP contribution in [0.3, 0.4) is 0 Å². The van der Waals surface area contributed by atoms with Gasteiger partial charge in [0, 0.05) is 0 Å². The maximum Gasteiger partial charge on any atom is 0.509 e. The van der Waals surface area contributed by atoms with Crippen molar-refractivity contribution in [3.05, 3.63) is 28.0 Å². The highest BCUT2D eigenvalue weighted by atomic mass is 32.2. The average molecular weight is 302 g/mol. The van der Waals surface area contributed by atoms with E-state index in [0.717, 1.165) is 0 Å². The Kier molecular flexibility index (Phi) is 3.91. The van der Waals surface area contributed by atoms with Crippen LogP contribution in [0, 0.1) is 10.1 Å². The molecule has 0 spiro atoms. The van der Waals surface area contributed by atoms with Crippen LogP contribution in [0.25, 0.3) is 0 Å². The van der Waals surface area contributed by atoms with Gasteiger partial charge in [-0.3, -0.25) is 15.4 Å². The van der Waals surface area contributed by atoms with E-state index in [2.05, 4.69) is 10.1 Å². The number of hydrogen-bond donors (Lipinski definition) is 1. The van der Waals surface area contributed by atoms with E-state index in [1.807, 2.05) is 13.8 Å². The molecule has 0 saturated carbocycles. The summed E-state index contributed by atoms with van der Waals surface area (Å²) in [4.78, 5) is 21.2. The van der Waals surface area contributed by atoms with Crippen molar-refractivity contribution in [2.75, 3.05) is 7.11 Å². The first-order valence-corrected chi connectivity index (χ1v) is 6.64. The highest BCUT2D eigenvalue weighted by molar-refractivity contribution is 8.01. The Bertz CT molecular complexity index is 529. The number of carbonyl (C=O) groups is 1. The molecule has 2 rings (SSSR count).